The number of thioether (sulfide) groups is 1. The minimum absolute atomic E-state index is 0.0481. The molecule has 9 nitrogen and oxygen atoms in total. The number of benzene rings is 3. The van der Waals surface area contributed by atoms with Gasteiger partial charge < -0.3 is 9.88 Å². The van der Waals surface area contributed by atoms with Crippen molar-refractivity contribution >= 4 is 44.8 Å². The van der Waals surface area contributed by atoms with Crippen molar-refractivity contribution in [2.75, 3.05) is 11.1 Å². The summed E-state index contributed by atoms with van der Waals surface area (Å²) in [7, 11) is -3.65. The molecule has 0 aliphatic heterocycles. The van der Waals surface area contributed by atoms with Crippen LogP contribution in [0.1, 0.15) is 37.7 Å². The number of nitrogens with zero attached hydrogens (tertiary/aromatic N) is 3. The minimum Gasteiger partial charge on any atom is -0.325 e. The van der Waals surface area contributed by atoms with E-state index in [1.54, 1.807) is 59.2 Å². The predicted octanol–water partition coefficient (Wildman–Crippen LogP) is 3.94. The number of hydrogen-bond donors (Lipinski definition) is 1. The van der Waals surface area contributed by atoms with Crippen molar-refractivity contribution in [2.24, 2.45) is 0 Å². The van der Waals surface area contributed by atoms with Gasteiger partial charge in [-0.25, -0.2) is 8.42 Å². The summed E-state index contributed by atoms with van der Waals surface area (Å²) in [6.07, 6.45) is 1.59. The molecule has 1 amide bonds. The number of allylic oxidation sites excluding steroid dienone is 1. The lowest BCUT2D eigenvalue weighted by Gasteiger charge is -2.18. The van der Waals surface area contributed by atoms with Crippen molar-refractivity contribution in [3.05, 3.63) is 114 Å². The number of aromatic nitrogens is 3. The molecule has 0 radical (unpaired) electrons. The van der Waals surface area contributed by atoms with Crippen molar-refractivity contribution in [3.63, 3.8) is 0 Å². The van der Waals surface area contributed by atoms with Gasteiger partial charge in [0.05, 0.1) is 10.6 Å². The second-order valence-corrected chi connectivity index (χ2v) is 11.6. The van der Waals surface area contributed by atoms with Crippen molar-refractivity contribution in [1.82, 2.24) is 14.8 Å². The molecule has 1 aromatic heterocycles. The van der Waals surface area contributed by atoms with E-state index in [0.29, 0.717) is 27.5 Å². The summed E-state index contributed by atoms with van der Waals surface area (Å²) in [6.45, 7) is 3.98. The van der Waals surface area contributed by atoms with Gasteiger partial charge in [0, 0.05) is 34.5 Å². The van der Waals surface area contributed by atoms with Crippen LogP contribution < -0.4 is 5.32 Å². The first kappa shape index (κ1) is 26.3. The summed E-state index contributed by atoms with van der Waals surface area (Å²) in [6, 6.07) is 19.3. The molecule has 0 atom stereocenters. The Morgan fingerprint density at radius 2 is 1.54 bits per heavy atom. The van der Waals surface area contributed by atoms with Crippen LogP contribution in [0.3, 0.4) is 0 Å². The maximum absolute atomic E-state index is 13.0. The molecule has 1 N–H and O–H groups in total. The lowest BCUT2D eigenvalue weighted by atomic mass is 9.84. The van der Waals surface area contributed by atoms with Crippen LogP contribution in [0.15, 0.2) is 95.5 Å². The number of amides is 1. The third-order valence-electron chi connectivity index (χ3n) is 6.07. The van der Waals surface area contributed by atoms with Gasteiger partial charge in [-0.1, -0.05) is 60.3 Å². The maximum atomic E-state index is 13.0. The van der Waals surface area contributed by atoms with E-state index in [2.05, 4.69) is 22.1 Å². The van der Waals surface area contributed by atoms with Crippen LogP contribution in [0.25, 0.3) is 0 Å². The quantitative estimate of drug-likeness (QED) is 0.213. The molecule has 0 fully saturated rings. The van der Waals surface area contributed by atoms with E-state index in [4.69, 9.17) is 0 Å². The van der Waals surface area contributed by atoms with E-state index < -0.39 is 9.84 Å². The van der Waals surface area contributed by atoms with Gasteiger partial charge in [-0.2, -0.15) is 0 Å². The van der Waals surface area contributed by atoms with Crippen LogP contribution in [-0.2, 0) is 26.9 Å². The van der Waals surface area contributed by atoms with Crippen LogP contribution in [0.4, 0.5) is 5.69 Å². The first-order valence-electron chi connectivity index (χ1n) is 11.8. The Morgan fingerprint density at radius 1 is 0.897 bits per heavy atom. The van der Waals surface area contributed by atoms with E-state index in [1.165, 1.54) is 24.3 Å². The number of nitrogens with one attached hydrogen (secondary N) is 1. The number of anilines is 1. The molecular weight excluding hydrogens is 536 g/mol. The minimum atomic E-state index is -3.65. The third-order valence-corrected chi connectivity index (χ3v) is 8.66. The van der Waals surface area contributed by atoms with E-state index in [-0.39, 0.29) is 51.8 Å². The zero-order valence-electron chi connectivity index (χ0n) is 20.5. The predicted molar refractivity (Wildman–Crippen MR) is 147 cm³/mol. The molecule has 1 aliphatic rings. The number of fused-ring (bicyclic) bond motifs is 2. The molecule has 1 heterocycles. The number of rotatable bonds is 9. The standard InChI is InChI=1S/C28H22N4O5S2/c1-2-14-32-24(17-39(36,37)19-8-4-3-5-9-19)30-31-28(32)38-16-25(33)29-18-12-13-22-23(15-18)27(35)21-11-7-6-10-20(21)26(22)34/h2-13,15H,1,14,16-17H2,(H,29,33). The summed E-state index contributed by atoms with van der Waals surface area (Å²) in [5, 5.41) is 11.3. The molecule has 3 aromatic carbocycles. The molecule has 0 saturated carbocycles. The van der Waals surface area contributed by atoms with E-state index >= 15 is 0 Å². The largest absolute Gasteiger partial charge is 0.325 e. The number of carbonyl (C=O) groups excluding carboxylic acids is 3. The highest BCUT2D eigenvalue weighted by Gasteiger charge is 2.29. The smallest absolute Gasteiger partial charge is 0.234 e. The Balaban J connectivity index is 1.28. The summed E-state index contributed by atoms with van der Waals surface area (Å²) >= 11 is 1.09. The second-order valence-electron chi connectivity index (χ2n) is 8.67. The first-order chi connectivity index (χ1) is 18.8. The Bertz CT molecular complexity index is 1730. The molecule has 0 saturated heterocycles. The number of carbonyl (C=O) groups is 3. The zero-order valence-corrected chi connectivity index (χ0v) is 22.2. The van der Waals surface area contributed by atoms with Crippen molar-refractivity contribution in [1.29, 1.82) is 0 Å². The molecular formula is C28H22N4O5S2. The topological polar surface area (TPSA) is 128 Å². The van der Waals surface area contributed by atoms with Crippen molar-refractivity contribution in [3.8, 4) is 0 Å². The Hall–Kier alpha value is -4.35. The first-order valence-corrected chi connectivity index (χ1v) is 14.5. The number of sulfone groups is 1. The summed E-state index contributed by atoms with van der Waals surface area (Å²) in [4.78, 5) is 38.7. The number of ketones is 2. The SMILES string of the molecule is C=CCn1c(CS(=O)(=O)c2ccccc2)nnc1SCC(=O)Nc1ccc2c(c1)C(=O)c1ccccc1C2=O. The molecule has 39 heavy (non-hydrogen) atoms. The highest BCUT2D eigenvalue weighted by atomic mass is 32.2. The van der Waals surface area contributed by atoms with Crippen molar-refractivity contribution < 1.29 is 22.8 Å². The van der Waals surface area contributed by atoms with Gasteiger partial charge in [-0.15, -0.1) is 16.8 Å². The molecule has 4 aromatic rings. The highest BCUT2D eigenvalue weighted by Crippen LogP contribution is 2.29. The molecule has 11 heteroatoms. The lowest BCUT2D eigenvalue weighted by Crippen LogP contribution is -2.21. The molecule has 5 rings (SSSR count). The van der Waals surface area contributed by atoms with Crippen LogP contribution in [0, 0.1) is 0 Å². The number of hydrogen-bond acceptors (Lipinski definition) is 8. The molecule has 196 valence electrons. The van der Waals surface area contributed by atoms with Gasteiger partial charge >= 0.3 is 0 Å². The Kier molecular flexibility index (Phi) is 7.27. The average molecular weight is 559 g/mol. The zero-order chi connectivity index (χ0) is 27.6. The third kappa shape index (κ3) is 5.31. The maximum Gasteiger partial charge on any atom is 0.234 e. The molecule has 0 unspecified atom stereocenters. The lowest BCUT2D eigenvalue weighted by molar-refractivity contribution is -0.113. The van der Waals surface area contributed by atoms with E-state index in [1.807, 2.05) is 0 Å². The summed E-state index contributed by atoms with van der Waals surface area (Å²) in [5.74, 6) is -1.05. The normalized spacial score (nSPS) is 12.5. The summed E-state index contributed by atoms with van der Waals surface area (Å²) < 4.78 is 27.3. The van der Waals surface area contributed by atoms with E-state index in [0.717, 1.165) is 11.8 Å². The van der Waals surface area contributed by atoms with Gasteiger partial charge in [0.15, 0.2) is 26.6 Å². The fourth-order valence-corrected chi connectivity index (χ4v) is 6.29. The Morgan fingerprint density at radius 3 is 2.23 bits per heavy atom. The fraction of sp³-hybridized carbons (Fsp3) is 0.107. The second kappa shape index (κ2) is 10.8. The van der Waals surface area contributed by atoms with Crippen LogP contribution in [0.5, 0.6) is 0 Å². The van der Waals surface area contributed by atoms with Crippen LogP contribution in [0.2, 0.25) is 0 Å². The Labute approximate surface area is 228 Å². The average Bonchev–Trinajstić information content (AvgIpc) is 3.31. The fourth-order valence-electron chi connectivity index (χ4n) is 4.23. The molecule has 1 aliphatic carbocycles. The van der Waals surface area contributed by atoms with Gasteiger partial charge in [-0.3, -0.25) is 14.4 Å². The van der Waals surface area contributed by atoms with Gasteiger partial charge in [0.2, 0.25) is 5.91 Å². The van der Waals surface area contributed by atoms with Crippen molar-refractivity contribution in [2.45, 2.75) is 22.3 Å². The van der Waals surface area contributed by atoms with Gasteiger partial charge in [0.1, 0.15) is 11.6 Å². The molecule has 0 spiro atoms. The highest BCUT2D eigenvalue weighted by molar-refractivity contribution is 7.99. The molecule has 0 bridgehead atoms. The monoisotopic (exact) mass is 558 g/mol. The van der Waals surface area contributed by atoms with Crippen LogP contribution >= 0.6 is 11.8 Å². The van der Waals surface area contributed by atoms with Gasteiger partial charge in [-0.05, 0) is 30.3 Å². The van der Waals surface area contributed by atoms with Crippen LogP contribution in [-0.4, -0.2) is 46.4 Å². The summed E-state index contributed by atoms with van der Waals surface area (Å²) in [5.41, 5.74) is 1.60. The van der Waals surface area contributed by atoms with E-state index in [9.17, 15) is 22.8 Å². The van der Waals surface area contributed by atoms with Gasteiger partial charge in [0.25, 0.3) is 0 Å².